The van der Waals surface area contributed by atoms with Gasteiger partial charge in [0.05, 0.1) is 11.0 Å². The monoisotopic (exact) mass is 249 g/mol. The van der Waals surface area contributed by atoms with Gasteiger partial charge in [-0.25, -0.2) is 0 Å². The molecule has 1 fully saturated rings. The molecule has 0 saturated carbocycles. The largest absolute Gasteiger partial charge is 0.319 e. The predicted molar refractivity (Wildman–Crippen MR) is 67.3 cm³/mol. The summed E-state index contributed by atoms with van der Waals surface area (Å²) in [6.07, 6.45) is 0.939. The molecule has 1 aliphatic heterocycles. The van der Waals surface area contributed by atoms with E-state index in [4.69, 9.17) is 0 Å². The molecule has 2 atom stereocenters. The second-order valence-corrected chi connectivity index (χ2v) is 4.46. The standard InChI is InChI=1S/C12H15N3O3/c1-8-6-7-13-11(8)12(16)14-9-4-2-3-5-10(9)15(17)18/h2-5,8,11,13H,6-7H2,1H3,(H,14,16). The molecule has 6 nitrogen and oxygen atoms in total. The number of hydrogen-bond donors (Lipinski definition) is 2. The molecule has 0 spiro atoms. The molecule has 1 heterocycles. The fourth-order valence-corrected chi connectivity index (χ4v) is 2.13. The summed E-state index contributed by atoms with van der Waals surface area (Å²) in [6.45, 7) is 2.79. The molecule has 1 saturated heterocycles. The summed E-state index contributed by atoms with van der Waals surface area (Å²) < 4.78 is 0. The lowest BCUT2D eigenvalue weighted by Crippen LogP contribution is -2.39. The van der Waals surface area contributed by atoms with Gasteiger partial charge >= 0.3 is 0 Å². The fourth-order valence-electron chi connectivity index (χ4n) is 2.13. The molecule has 2 N–H and O–H groups in total. The zero-order valence-corrected chi connectivity index (χ0v) is 10.1. The van der Waals surface area contributed by atoms with Gasteiger partial charge in [0.1, 0.15) is 5.69 Å². The van der Waals surface area contributed by atoms with E-state index in [1.807, 2.05) is 6.92 Å². The van der Waals surface area contributed by atoms with E-state index in [0.29, 0.717) is 0 Å². The Morgan fingerprint density at radius 2 is 2.22 bits per heavy atom. The number of para-hydroxylation sites is 2. The first-order valence-corrected chi connectivity index (χ1v) is 5.87. The minimum Gasteiger partial charge on any atom is -0.319 e. The van der Waals surface area contributed by atoms with E-state index in [0.717, 1.165) is 13.0 Å². The molecule has 0 bridgehead atoms. The second-order valence-electron chi connectivity index (χ2n) is 4.46. The lowest BCUT2D eigenvalue weighted by molar-refractivity contribution is -0.383. The van der Waals surface area contributed by atoms with Crippen molar-refractivity contribution in [3.05, 3.63) is 34.4 Å². The zero-order valence-electron chi connectivity index (χ0n) is 10.1. The molecule has 96 valence electrons. The number of hydrogen-bond acceptors (Lipinski definition) is 4. The Balaban J connectivity index is 2.14. The first-order chi connectivity index (χ1) is 8.59. The third kappa shape index (κ3) is 2.48. The minimum atomic E-state index is -0.499. The van der Waals surface area contributed by atoms with E-state index in [1.165, 1.54) is 12.1 Å². The number of amides is 1. The van der Waals surface area contributed by atoms with Gasteiger partial charge in [0.25, 0.3) is 5.69 Å². The third-order valence-electron chi connectivity index (χ3n) is 3.17. The number of carbonyl (C=O) groups excluding carboxylic acids is 1. The third-order valence-corrected chi connectivity index (χ3v) is 3.17. The van der Waals surface area contributed by atoms with Gasteiger partial charge in [-0.15, -0.1) is 0 Å². The molecule has 0 radical (unpaired) electrons. The van der Waals surface area contributed by atoms with Crippen LogP contribution in [-0.2, 0) is 4.79 Å². The molecular weight excluding hydrogens is 234 g/mol. The van der Waals surface area contributed by atoms with Crippen LogP contribution in [0.3, 0.4) is 0 Å². The highest BCUT2D eigenvalue weighted by molar-refractivity contribution is 5.97. The Morgan fingerprint density at radius 3 is 2.83 bits per heavy atom. The Bertz CT molecular complexity index is 475. The predicted octanol–water partition coefficient (Wildman–Crippen LogP) is 1.53. The summed E-state index contributed by atoms with van der Waals surface area (Å²) in [5.41, 5.74) is 0.157. The summed E-state index contributed by atoms with van der Waals surface area (Å²) in [5, 5.41) is 16.5. The molecule has 1 aromatic rings. The van der Waals surface area contributed by atoms with Gasteiger partial charge in [-0.3, -0.25) is 14.9 Å². The molecule has 0 aromatic heterocycles. The molecule has 1 amide bonds. The van der Waals surface area contributed by atoms with Crippen LogP contribution < -0.4 is 10.6 Å². The Labute approximate surface area is 105 Å². The summed E-state index contributed by atoms with van der Waals surface area (Å²) in [7, 11) is 0. The minimum absolute atomic E-state index is 0.0866. The number of anilines is 1. The molecule has 18 heavy (non-hydrogen) atoms. The van der Waals surface area contributed by atoms with Crippen LogP contribution in [0.5, 0.6) is 0 Å². The first kappa shape index (κ1) is 12.5. The smallest absolute Gasteiger partial charge is 0.292 e. The highest BCUT2D eigenvalue weighted by Gasteiger charge is 2.30. The average molecular weight is 249 g/mol. The Kier molecular flexibility index (Phi) is 3.57. The van der Waals surface area contributed by atoms with Crippen LogP contribution in [0.4, 0.5) is 11.4 Å². The van der Waals surface area contributed by atoms with E-state index < -0.39 is 4.92 Å². The van der Waals surface area contributed by atoms with Crippen LogP contribution >= 0.6 is 0 Å². The van der Waals surface area contributed by atoms with E-state index >= 15 is 0 Å². The Hall–Kier alpha value is -1.95. The molecule has 1 aromatic carbocycles. The maximum absolute atomic E-state index is 12.0. The summed E-state index contributed by atoms with van der Waals surface area (Å²) in [6, 6.07) is 5.87. The van der Waals surface area contributed by atoms with Crippen molar-refractivity contribution >= 4 is 17.3 Å². The van der Waals surface area contributed by atoms with Gasteiger partial charge in [-0.05, 0) is 24.9 Å². The maximum atomic E-state index is 12.0. The van der Waals surface area contributed by atoms with Crippen LogP contribution in [0.15, 0.2) is 24.3 Å². The van der Waals surface area contributed by atoms with Crippen molar-refractivity contribution in [2.24, 2.45) is 5.92 Å². The number of nitrogens with one attached hydrogen (secondary N) is 2. The van der Waals surface area contributed by atoms with Crippen molar-refractivity contribution in [2.45, 2.75) is 19.4 Å². The second kappa shape index (κ2) is 5.14. The summed E-state index contributed by atoms with van der Waals surface area (Å²) in [4.78, 5) is 22.3. The molecular formula is C12H15N3O3. The zero-order chi connectivity index (χ0) is 13.1. The quantitative estimate of drug-likeness (QED) is 0.628. The van der Waals surface area contributed by atoms with Gasteiger partial charge < -0.3 is 10.6 Å². The SMILES string of the molecule is CC1CCNC1C(=O)Nc1ccccc1[N+](=O)[O-]. The van der Waals surface area contributed by atoms with Gasteiger partial charge in [-0.2, -0.15) is 0 Å². The van der Waals surface area contributed by atoms with Crippen molar-refractivity contribution in [3.63, 3.8) is 0 Å². The number of benzene rings is 1. The molecule has 0 aliphatic carbocycles. The van der Waals surface area contributed by atoms with Gasteiger partial charge in [0, 0.05) is 6.07 Å². The lowest BCUT2D eigenvalue weighted by atomic mass is 10.0. The number of nitrogens with zero attached hydrogens (tertiary/aromatic N) is 1. The van der Waals surface area contributed by atoms with Crippen molar-refractivity contribution in [2.75, 3.05) is 11.9 Å². The number of rotatable bonds is 3. The number of nitro groups is 1. The van der Waals surface area contributed by atoms with Crippen LogP contribution in [0, 0.1) is 16.0 Å². The normalized spacial score (nSPS) is 22.7. The summed E-state index contributed by atoms with van der Waals surface area (Å²) in [5.74, 6) is 0.0297. The number of nitro benzene ring substituents is 1. The lowest BCUT2D eigenvalue weighted by Gasteiger charge is -2.15. The molecule has 6 heteroatoms. The highest BCUT2D eigenvalue weighted by Crippen LogP contribution is 2.24. The van der Waals surface area contributed by atoms with E-state index in [-0.39, 0.29) is 29.2 Å². The Morgan fingerprint density at radius 1 is 1.50 bits per heavy atom. The topological polar surface area (TPSA) is 84.3 Å². The van der Waals surface area contributed by atoms with Crippen molar-refractivity contribution in [3.8, 4) is 0 Å². The highest BCUT2D eigenvalue weighted by atomic mass is 16.6. The van der Waals surface area contributed by atoms with Crippen LogP contribution in [0.25, 0.3) is 0 Å². The van der Waals surface area contributed by atoms with E-state index in [9.17, 15) is 14.9 Å². The van der Waals surface area contributed by atoms with Gasteiger partial charge in [-0.1, -0.05) is 19.1 Å². The van der Waals surface area contributed by atoms with Crippen LogP contribution in [0.1, 0.15) is 13.3 Å². The van der Waals surface area contributed by atoms with Crippen molar-refractivity contribution in [1.29, 1.82) is 0 Å². The maximum Gasteiger partial charge on any atom is 0.292 e. The van der Waals surface area contributed by atoms with Crippen molar-refractivity contribution in [1.82, 2.24) is 5.32 Å². The molecule has 1 aliphatic rings. The number of carbonyl (C=O) groups is 1. The van der Waals surface area contributed by atoms with Gasteiger partial charge in [0.2, 0.25) is 5.91 Å². The van der Waals surface area contributed by atoms with Gasteiger partial charge in [0.15, 0.2) is 0 Å². The molecule has 2 unspecified atom stereocenters. The van der Waals surface area contributed by atoms with E-state index in [1.54, 1.807) is 12.1 Å². The van der Waals surface area contributed by atoms with Crippen LogP contribution in [0.2, 0.25) is 0 Å². The van der Waals surface area contributed by atoms with E-state index in [2.05, 4.69) is 10.6 Å². The average Bonchev–Trinajstić information content (AvgIpc) is 2.76. The van der Waals surface area contributed by atoms with Crippen LogP contribution in [-0.4, -0.2) is 23.4 Å². The molecule has 2 rings (SSSR count). The van der Waals surface area contributed by atoms with Crippen molar-refractivity contribution < 1.29 is 9.72 Å². The first-order valence-electron chi connectivity index (χ1n) is 5.87. The summed E-state index contributed by atoms with van der Waals surface area (Å²) >= 11 is 0. The fraction of sp³-hybridized carbons (Fsp3) is 0.417.